The molecule has 0 spiro atoms. The summed E-state index contributed by atoms with van der Waals surface area (Å²) in [5.74, 6) is 2.15. The number of anilines is 1. The van der Waals surface area contributed by atoms with Crippen molar-refractivity contribution in [2.45, 2.75) is 53.4 Å². The third-order valence-corrected chi connectivity index (χ3v) is 7.27. The topological polar surface area (TPSA) is 78.9 Å². The summed E-state index contributed by atoms with van der Waals surface area (Å²) in [7, 11) is 0. The van der Waals surface area contributed by atoms with Gasteiger partial charge >= 0.3 is 0 Å². The van der Waals surface area contributed by atoms with E-state index in [1.54, 1.807) is 5.57 Å². The van der Waals surface area contributed by atoms with Gasteiger partial charge in [0.2, 0.25) is 0 Å². The number of rotatable bonds is 3. The lowest BCUT2D eigenvalue weighted by molar-refractivity contribution is 0.149. The molecule has 2 aliphatic rings. The summed E-state index contributed by atoms with van der Waals surface area (Å²) >= 11 is 0. The first-order valence-electron chi connectivity index (χ1n) is 11.0. The Morgan fingerprint density at radius 1 is 1.27 bits per heavy atom. The van der Waals surface area contributed by atoms with Gasteiger partial charge in [-0.3, -0.25) is 0 Å². The standard InChI is InChI=1S/C24H30N6/c1-14-7-5-9-18-20(14)26-22-21(18)28-30-23(27-22)29-25-13-17-12-19-16(11-15(17)2)8-6-10-24(19,3)4/h5,7-9,13,15,17,19H,6,10-12H2,1-4H3,(H2,26,27,29,30)/b25-13-. The van der Waals surface area contributed by atoms with Crippen molar-refractivity contribution in [2.24, 2.45) is 28.3 Å². The minimum absolute atomic E-state index is 0.384. The number of aromatic nitrogens is 4. The molecule has 0 saturated heterocycles. The Balaban J connectivity index is 1.33. The number of nitrogens with zero attached hydrogens (tertiary/aromatic N) is 4. The third-order valence-electron chi connectivity index (χ3n) is 7.27. The number of benzene rings is 1. The molecule has 156 valence electrons. The lowest BCUT2D eigenvalue weighted by atomic mass is 9.59. The van der Waals surface area contributed by atoms with E-state index in [0.29, 0.717) is 29.1 Å². The molecule has 30 heavy (non-hydrogen) atoms. The van der Waals surface area contributed by atoms with E-state index in [0.717, 1.165) is 22.1 Å². The van der Waals surface area contributed by atoms with Crippen LogP contribution in [0.15, 0.2) is 34.9 Å². The molecule has 3 aromatic rings. The molecule has 2 aromatic heterocycles. The molecule has 1 saturated carbocycles. The number of allylic oxidation sites excluding steroid dienone is 2. The number of aryl methyl sites for hydroxylation is 1. The third kappa shape index (κ3) is 3.28. The molecule has 0 bridgehead atoms. The van der Waals surface area contributed by atoms with E-state index in [4.69, 9.17) is 0 Å². The quantitative estimate of drug-likeness (QED) is 0.338. The van der Waals surface area contributed by atoms with Crippen molar-refractivity contribution in [1.29, 1.82) is 0 Å². The van der Waals surface area contributed by atoms with Crippen LogP contribution in [-0.4, -0.2) is 26.4 Å². The van der Waals surface area contributed by atoms with Gasteiger partial charge in [-0.1, -0.05) is 50.6 Å². The molecule has 3 unspecified atom stereocenters. The predicted molar refractivity (Wildman–Crippen MR) is 123 cm³/mol. The summed E-state index contributed by atoms with van der Waals surface area (Å²) in [4.78, 5) is 7.94. The van der Waals surface area contributed by atoms with Crippen LogP contribution < -0.4 is 5.43 Å². The second-order valence-electron chi connectivity index (χ2n) is 9.78. The van der Waals surface area contributed by atoms with Crippen LogP contribution in [0.1, 0.15) is 52.0 Å². The second kappa shape index (κ2) is 7.18. The van der Waals surface area contributed by atoms with E-state index in [-0.39, 0.29) is 0 Å². The number of aromatic amines is 1. The molecule has 0 radical (unpaired) electrons. The highest BCUT2D eigenvalue weighted by Crippen LogP contribution is 2.50. The minimum atomic E-state index is 0.384. The Hall–Kier alpha value is -2.76. The zero-order valence-corrected chi connectivity index (χ0v) is 18.2. The molecular weight excluding hydrogens is 372 g/mol. The van der Waals surface area contributed by atoms with E-state index in [1.807, 2.05) is 12.1 Å². The maximum absolute atomic E-state index is 4.58. The van der Waals surface area contributed by atoms with Gasteiger partial charge < -0.3 is 4.98 Å². The number of fused-ring (bicyclic) bond motifs is 4. The first-order chi connectivity index (χ1) is 14.4. The van der Waals surface area contributed by atoms with Gasteiger partial charge in [-0.25, -0.2) is 5.43 Å². The molecule has 0 amide bonds. The molecule has 2 aliphatic carbocycles. The van der Waals surface area contributed by atoms with Gasteiger partial charge in [0.05, 0.1) is 5.52 Å². The van der Waals surface area contributed by atoms with Crippen LogP contribution in [0.2, 0.25) is 0 Å². The summed E-state index contributed by atoms with van der Waals surface area (Å²) in [6.45, 7) is 9.26. The molecule has 0 aliphatic heterocycles. The summed E-state index contributed by atoms with van der Waals surface area (Å²) in [5, 5.41) is 14.2. The summed E-state index contributed by atoms with van der Waals surface area (Å²) in [5.41, 5.74) is 8.82. The maximum Gasteiger partial charge on any atom is 0.265 e. The Morgan fingerprint density at radius 3 is 3.00 bits per heavy atom. The fourth-order valence-electron chi connectivity index (χ4n) is 5.36. The Bertz CT molecular complexity index is 1160. The van der Waals surface area contributed by atoms with Gasteiger partial charge in [-0.2, -0.15) is 10.1 Å². The van der Waals surface area contributed by atoms with Crippen LogP contribution in [-0.2, 0) is 0 Å². The lowest BCUT2D eigenvalue weighted by Gasteiger charge is -2.46. The summed E-state index contributed by atoms with van der Waals surface area (Å²) in [6, 6.07) is 6.15. The van der Waals surface area contributed by atoms with Crippen molar-refractivity contribution >= 4 is 34.2 Å². The van der Waals surface area contributed by atoms with E-state index in [1.165, 1.54) is 31.2 Å². The molecule has 6 nitrogen and oxygen atoms in total. The Morgan fingerprint density at radius 2 is 2.13 bits per heavy atom. The van der Waals surface area contributed by atoms with Gasteiger partial charge in [0.25, 0.3) is 5.95 Å². The molecule has 2 N–H and O–H groups in total. The van der Waals surface area contributed by atoms with Crippen molar-refractivity contribution < 1.29 is 0 Å². The van der Waals surface area contributed by atoms with Gasteiger partial charge in [0.1, 0.15) is 5.52 Å². The molecule has 2 heterocycles. The Labute approximate surface area is 177 Å². The zero-order chi connectivity index (χ0) is 20.9. The van der Waals surface area contributed by atoms with Crippen molar-refractivity contribution in [3.8, 4) is 0 Å². The zero-order valence-electron chi connectivity index (χ0n) is 18.2. The highest BCUT2D eigenvalue weighted by atomic mass is 15.4. The normalized spacial score (nSPS) is 26.1. The number of hydrogen-bond acceptors (Lipinski definition) is 5. The predicted octanol–water partition coefficient (Wildman–Crippen LogP) is 5.62. The fraction of sp³-hybridized carbons (Fsp3) is 0.500. The highest BCUT2D eigenvalue weighted by molar-refractivity contribution is 6.04. The van der Waals surface area contributed by atoms with Crippen LogP contribution in [0.3, 0.4) is 0 Å². The van der Waals surface area contributed by atoms with E-state index >= 15 is 0 Å². The van der Waals surface area contributed by atoms with E-state index in [9.17, 15) is 0 Å². The molecule has 3 atom stereocenters. The fourth-order valence-corrected chi connectivity index (χ4v) is 5.36. The SMILES string of the molecule is Cc1cccc2c1[nH]c1nc(N/N=C\C3CC4C(=CCCC4(C)C)CC3C)nnc12. The monoisotopic (exact) mass is 402 g/mol. The summed E-state index contributed by atoms with van der Waals surface area (Å²) in [6.07, 6.45) is 9.42. The van der Waals surface area contributed by atoms with Gasteiger partial charge in [0, 0.05) is 11.6 Å². The molecule has 5 rings (SSSR count). The lowest BCUT2D eigenvalue weighted by Crippen LogP contribution is -2.36. The average Bonchev–Trinajstić information content (AvgIpc) is 3.08. The van der Waals surface area contributed by atoms with Crippen LogP contribution in [0.4, 0.5) is 5.95 Å². The molecule has 6 heteroatoms. The number of H-pyrrole nitrogens is 1. The first-order valence-corrected chi connectivity index (χ1v) is 11.0. The van der Waals surface area contributed by atoms with Crippen molar-refractivity contribution in [2.75, 3.05) is 5.43 Å². The Kier molecular flexibility index (Phi) is 4.60. The van der Waals surface area contributed by atoms with Crippen molar-refractivity contribution in [3.63, 3.8) is 0 Å². The summed E-state index contributed by atoms with van der Waals surface area (Å²) < 4.78 is 0. The van der Waals surface area contributed by atoms with Gasteiger partial charge in [0.15, 0.2) is 5.65 Å². The number of nitrogens with one attached hydrogen (secondary N) is 2. The van der Waals surface area contributed by atoms with Crippen LogP contribution in [0.5, 0.6) is 0 Å². The molecular formula is C24H30N6. The van der Waals surface area contributed by atoms with Crippen LogP contribution in [0.25, 0.3) is 22.1 Å². The number of para-hydroxylation sites is 1. The smallest absolute Gasteiger partial charge is 0.265 e. The van der Waals surface area contributed by atoms with E-state index < -0.39 is 0 Å². The van der Waals surface area contributed by atoms with Crippen molar-refractivity contribution in [1.82, 2.24) is 20.2 Å². The number of hydrazone groups is 1. The van der Waals surface area contributed by atoms with Crippen molar-refractivity contribution in [3.05, 3.63) is 35.4 Å². The average molecular weight is 403 g/mol. The first kappa shape index (κ1) is 19.2. The maximum atomic E-state index is 4.58. The largest absolute Gasteiger partial charge is 0.337 e. The van der Waals surface area contributed by atoms with Crippen LogP contribution >= 0.6 is 0 Å². The number of hydrogen-bond donors (Lipinski definition) is 2. The molecule has 1 fully saturated rings. The van der Waals surface area contributed by atoms with E-state index in [2.05, 4.69) is 76.7 Å². The van der Waals surface area contributed by atoms with Gasteiger partial charge in [-0.15, -0.1) is 10.2 Å². The second-order valence-corrected chi connectivity index (χ2v) is 9.78. The minimum Gasteiger partial charge on any atom is -0.337 e. The highest BCUT2D eigenvalue weighted by Gasteiger charge is 2.40. The molecule has 1 aromatic carbocycles. The van der Waals surface area contributed by atoms with Gasteiger partial charge in [-0.05, 0) is 61.3 Å². The van der Waals surface area contributed by atoms with Crippen LogP contribution in [0, 0.1) is 30.1 Å².